The van der Waals surface area contributed by atoms with Gasteiger partial charge < -0.3 is 9.57 Å². The summed E-state index contributed by atoms with van der Waals surface area (Å²) >= 11 is 5.97. The molecule has 0 fully saturated rings. The van der Waals surface area contributed by atoms with Gasteiger partial charge in [-0.05, 0) is 36.8 Å². The minimum atomic E-state index is -0.867. The van der Waals surface area contributed by atoms with Crippen molar-refractivity contribution in [2.45, 2.75) is 13.5 Å². The topological polar surface area (TPSA) is 78.7 Å². The number of halogens is 1. The van der Waals surface area contributed by atoms with Gasteiger partial charge in [0.25, 0.3) is 5.09 Å². The molecule has 0 saturated carbocycles. The van der Waals surface area contributed by atoms with E-state index in [4.69, 9.17) is 16.3 Å². The van der Waals surface area contributed by atoms with Gasteiger partial charge >= 0.3 is 5.97 Å². The molecule has 0 bridgehead atoms. The first-order chi connectivity index (χ1) is 10.5. The number of esters is 1. The van der Waals surface area contributed by atoms with Crippen molar-refractivity contribution in [1.29, 1.82) is 0 Å². The standard InChI is InChI=1S/C15H12ClNO5/c1-10-2-7-14(16)13(8-10)15(18)22-12-5-3-11(4-6-12)9-21-17(19)20/h2-8H,9H2,1H3. The number of nitrogens with zero attached hydrogens (tertiary/aromatic N) is 1. The van der Waals surface area contributed by atoms with Crippen molar-refractivity contribution in [1.82, 2.24) is 0 Å². The summed E-state index contributed by atoms with van der Waals surface area (Å²) in [5.41, 5.74) is 1.76. The number of carbonyl (C=O) groups is 1. The molecule has 114 valence electrons. The van der Waals surface area contributed by atoms with Crippen molar-refractivity contribution in [2.75, 3.05) is 0 Å². The van der Waals surface area contributed by atoms with Crippen LogP contribution in [-0.2, 0) is 11.4 Å². The molecule has 0 aliphatic rings. The summed E-state index contributed by atoms with van der Waals surface area (Å²) in [4.78, 5) is 26.4. The monoisotopic (exact) mass is 321 g/mol. The molecule has 0 heterocycles. The molecule has 0 saturated heterocycles. The zero-order valence-electron chi connectivity index (χ0n) is 11.6. The van der Waals surface area contributed by atoms with E-state index in [9.17, 15) is 14.9 Å². The molecule has 0 aliphatic heterocycles. The lowest BCUT2D eigenvalue weighted by molar-refractivity contribution is -0.763. The van der Waals surface area contributed by atoms with Gasteiger partial charge in [0.15, 0.2) is 0 Å². The van der Waals surface area contributed by atoms with Crippen LogP contribution in [-0.4, -0.2) is 11.1 Å². The van der Waals surface area contributed by atoms with Crippen LogP contribution in [0.4, 0.5) is 0 Å². The lowest BCUT2D eigenvalue weighted by Crippen LogP contribution is -2.09. The Labute approximate surface area is 131 Å². The second-order valence-electron chi connectivity index (χ2n) is 4.51. The normalized spacial score (nSPS) is 10.1. The van der Waals surface area contributed by atoms with Crippen LogP contribution in [0.2, 0.25) is 5.02 Å². The average molecular weight is 322 g/mol. The summed E-state index contributed by atoms with van der Waals surface area (Å²) in [6.45, 7) is 1.68. The van der Waals surface area contributed by atoms with E-state index >= 15 is 0 Å². The van der Waals surface area contributed by atoms with Crippen LogP contribution >= 0.6 is 11.6 Å². The van der Waals surface area contributed by atoms with E-state index in [0.29, 0.717) is 16.3 Å². The SMILES string of the molecule is Cc1ccc(Cl)c(C(=O)Oc2ccc(CO[N+](=O)[O-])cc2)c1. The summed E-state index contributed by atoms with van der Waals surface area (Å²) in [5.74, 6) is -0.254. The number of hydrogen-bond donors (Lipinski definition) is 0. The van der Waals surface area contributed by atoms with Crippen LogP contribution in [0.15, 0.2) is 42.5 Å². The van der Waals surface area contributed by atoms with Gasteiger partial charge in [0.05, 0.1) is 10.6 Å². The second kappa shape index (κ2) is 6.91. The Bertz CT molecular complexity index is 700. The third kappa shape index (κ3) is 4.20. The number of rotatable bonds is 5. The molecule has 0 aliphatic carbocycles. The Morgan fingerprint density at radius 2 is 1.91 bits per heavy atom. The molecule has 0 N–H and O–H groups in total. The summed E-state index contributed by atoms with van der Waals surface area (Å²) < 4.78 is 5.22. The van der Waals surface area contributed by atoms with Gasteiger partial charge in [-0.15, -0.1) is 10.1 Å². The van der Waals surface area contributed by atoms with Crippen molar-refractivity contribution in [3.05, 3.63) is 74.3 Å². The first kappa shape index (κ1) is 15.8. The third-order valence-corrected chi connectivity index (χ3v) is 3.14. The quantitative estimate of drug-likeness (QED) is 0.364. The highest BCUT2D eigenvalue weighted by Crippen LogP contribution is 2.20. The Morgan fingerprint density at radius 3 is 2.55 bits per heavy atom. The van der Waals surface area contributed by atoms with Crippen LogP contribution in [0, 0.1) is 17.0 Å². The van der Waals surface area contributed by atoms with Gasteiger partial charge in [0.1, 0.15) is 12.4 Å². The summed E-state index contributed by atoms with van der Waals surface area (Å²) in [6, 6.07) is 11.3. The molecule has 0 amide bonds. The minimum Gasteiger partial charge on any atom is -0.423 e. The average Bonchev–Trinajstić information content (AvgIpc) is 2.49. The summed E-state index contributed by atoms with van der Waals surface area (Å²) in [6.07, 6.45) is 0. The predicted octanol–water partition coefficient (Wildman–Crippen LogP) is 3.58. The maximum Gasteiger partial charge on any atom is 0.345 e. The first-order valence-corrected chi connectivity index (χ1v) is 6.68. The van der Waals surface area contributed by atoms with E-state index in [2.05, 4.69) is 4.84 Å². The van der Waals surface area contributed by atoms with Crippen LogP contribution in [0.3, 0.4) is 0 Å². The molecule has 0 aromatic heterocycles. The number of ether oxygens (including phenoxy) is 1. The molecule has 0 radical (unpaired) electrons. The zero-order valence-corrected chi connectivity index (χ0v) is 12.4. The first-order valence-electron chi connectivity index (χ1n) is 6.30. The van der Waals surface area contributed by atoms with Gasteiger partial charge in [-0.1, -0.05) is 35.4 Å². The molecule has 0 unspecified atom stereocenters. The van der Waals surface area contributed by atoms with Crippen molar-refractivity contribution in [3.63, 3.8) is 0 Å². The maximum absolute atomic E-state index is 12.1. The van der Waals surface area contributed by atoms with Gasteiger partial charge in [0.2, 0.25) is 0 Å². The Balaban J connectivity index is 2.05. The molecule has 22 heavy (non-hydrogen) atoms. The molecule has 0 spiro atoms. The van der Waals surface area contributed by atoms with E-state index in [1.807, 2.05) is 6.92 Å². The maximum atomic E-state index is 12.1. The molecule has 2 rings (SSSR count). The predicted molar refractivity (Wildman–Crippen MR) is 79.4 cm³/mol. The number of hydrogen-bond acceptors (Lipinski definition) is 5. The van der Waals surface area contributed by atoms with Crippen LogP contribution < -0.4 is 4.74 Å². The van der Waals surface area contributed by atoms with Crippen molar-refractivity contribution in [3.8, 4) is 5.75 Å². The van der Waals surface area contributed by atoms with Crippen molar-refractivity contribution < 1.29 is 19.5 Å². The highest BCUT2D eigenvalue weighted by Gasteiger charge is 2.13. The van der Waals surface area contributed by atoms with E-state index in [1.165, 1.54) is 12.1 Å². The molecule has 2 aromatic carbocycles. The molecule has 0 atom stereocenters. The number of benzene rings is 2. The summed E-state index contributed by atoms with van der Waals surface area (Å²) in [5, 5.41) is 9.55. The van der Waals surface area contributed by atoms with E-state index in [0.717, 1.165) is 5.56 Å². The largest absolute Gasteiger partial charge is 0.423 e. The smallest absolute Gasteiger partial charge is 0.345 e. The number of aryl methyl sites for hydroxylation is 1. The second-order valence-corrected chi connectivity index (χ2v) is 4.92. The summed E-state index contributed by atoms with van der Waals surface area (Å²) in [7, 11) is 0. The minimum absolute atomic E-state index is 0.162. The van der Waals surface area contributed by atoms with Crippen molar-refractivity contribution in [2.24, 2.45) is 0 Å². The molecule has 7 heteroatoms. The highest BCUT2D eigenvalue weighted by atomic mass is 35.5. The molecule has 2 aromatic rings. The van der Waals surface area contributed by atoms with Gasteiger partial charge in [-0.25, -0.2) is 4.79 Å². The molecule has 6 nitrogen and oxygen atoms in total. The fourth-order valence-electron chi connectivity index (χ4n) is 1.74. The van der Waals surface area contributed by atoms with Gasteiger partial charge in [0, 0.05) is 0 Å². The van der Waals surface area contributed by atoms with Gasteiger partial charge in [-0.2, -0.15) is 0 Å². The van der Waals surface area contributed by atoms with E-state index < -0.39 is 11.1 Å². The van der Waals surface area contributed by atoms with Crippen LogP contribution in [0.25, 0.3) is 0 Å². The van der Waals surface area contributed by atoms with Crippen LogP contribution in [0.1, 0.15) is 21.5 Å². The molecular weight excluding hydrogens is 310 g/mol. The molecular formula is C15H12ClNO5. The Morgan fingerprint density at radius 1 is 1.23 bits per heavy atom. The van der Waals surface area contributed by atoms with E-state index in [1.54, 1.807) is 30.3 Å². The fourth-order valence-corrected chi connectivity index (χ4v) is 1.93. The van der Waals surface area contributed by atoms with Gasteiger partial charge in [-0.3, -0.25) is 0 Å². The van der Waals surface area contributed by atoms with E-state index in [-0.39, 0.29) is 12.2 Å². The number of carbonyl (C=O) groups excluding carboxylic acids is 1. The fraction of sp³-hybridized carbons (Fsp3) is 0.133. The highest BCUT2D eigenvalue weighted by molar-refractivity contribution is 6.33. The van der Waals surface area contributed by atoms with Crippen LogP contribution in [0.5, 0.6) is 5.75 Å². The lowest BCUT2D eigenvalue weighted by Gasteiger charge is -2.07. The third-order valence-electron chi connectivity index (χ3n) is 2.81. The Hall–Kier alpha value is -2.60. The van der Waals surface area contributed by atoms with Crippen molar-refractivity contribution >= 4 is 17.6 Å². The lowest BCUT2D eigenvalue weighted by atomic mass is 10.1. The Kier molecular flexibility index (Phi) is 4.95. The zero-order chi connectivity index (χ0) is 16.1.